The molecule has 6 nitrogen and oxygen atoms in total. The number of aliphatic hydroxyl groups excluding tert-OH is 1. The highest BCUT2D eigenvalue weighted by molar-refractivity contribution is 14.0. The minimum Gasteiger partial charge on any atom is -0.391 e. The van der Waals surface area contributed by atoms with E-state index in [0.29, 0.717) is 13.1 Å². The molecule has 0 amide bonds. The number of hydrogen-bond donors (Lipinski definition) is 2. The summed E-state index contributed by atoms with van der Waals surface area (Å²) in [5.74, 6) is 1.90. The van der Waals surface area contributed by atoms with Crippen molar-refractivity contribution in [2.24, 2.45) is 4.99 Å². The average Bonchev–Trinajstić information content (AvgIpc) is 3.21. The van der Waals surface area contributed by atoms with Crippen LogP contribution in [0.3, 0.4) is 0 Å². The first-order valence-corrected chi connectivity index (χ1v) is 8.92. The molecule has 1 aliphatic heterocycles. The lowest BCUT2D eigenvalue weighted by Crippen LogP contribution is -2.40. The third-order valence-electron chi connectivity index (χ3n) is 4.48. The van der Waals surface area contributed by atoms with Gasteiger partial charge >= 0.3 is 0 Å². The topological polar surface area (TPSA) is 65.7 Å². The molecule has 0 aliphatic carbocycles. The summed E-state index contributed by atoms with van der Waals surface area (Å²) < 4.78 is 2.14. The third kappa shape index (κ3) is 5.44. The maximum absolute atomic E-state index is 9.75. The van der Waals surface area contributed by atoms with E-state index in [1.165, 1.54) is 11.1 Å². The van der Waals surface area contributed by atoms with E-state index in [1.54, 1.807) is 0 Å². The molecule has 7 heteroatoms. The second-order valence-corrected chi connectivity index (χ2v) is 6.48. The first-order chi connectivity index (χ1) is 12.2. The molecule has 3 rings (SSSR count). The number of aryl methyl sites for hydroxylation is 1. The lowest BCUT2D eigenvalue weighted by atomic mass is 10.1. The van der Waals surface area contributed by atoms with Crippen molar-refractivity contribution < 1.29 is 5.11 Å². The molecule has 1 aliphatic rings. The molecule has 1 aromatic carbocycles. The van der Waals surface area contributed by atoms with Gasteiger partial charge < -0.3 is 19.9 Å². The summed E-state index contributed by atoms with van der Waals surface area (Å²) >= 11 is 0. The van der Waals surface area contributed by atoms with Gasteiger partial charge in [-0.3, -0.25) is 0 Å². The van der Waals surface area contributed by atoms with Crippen LogP contribution < -0.4 is 5.32 Å². The van der Waals surface area contributed by atoms with Crippen molar-refractivity contribution in [2.45, 2.75) is 39.5 Å². The minimum atomic E-state index is -0.245. The number of aromatic nitrogens is 2. The van der Waals surface area contributed by atoms with Gasteiger partial charge in [-0.05, 0) is 31.4 Å². The van der Waals surface area contributed by atoms with E-state index >= 15 is 0 Å². The summed E-state index contributed by atoms with van der Waals surface area (Å²) in [5, 5.41) is 13.1. The van der Waals surface area contributed by atoms with Crippen LogP contribution >= 0.6 is 24.0 Å². The van der Waals surface area contributed by atoms with Gasteiger partial charge in [-0.25, -0.2) is 9.98 Å². The number of β-amino-alcohol motifs (C(OH)–C–C–N with tert-alkyl or cyclic N) is 1. The summed E-state index contributed by atoms with van der Waals surface area (Å²) in [7, 11) is 0. The molecule has 2 heterocycles. The molecule has 1 saturated heterocycles. The number of guanidine groups is 1. The van der Waals surface area contributed by atoms with E-state index in [-0.39, 0.29) is 30.1 Å². The van der Waals surface area contributed by atoms with Crippen molar-refractivity contribution in [1.82, 2.24) is 19.8 Å². The molecular weight excluding hydrogens is 441 g/mol. The monoisotopic (exact) mass is 469 g/mol. The number of imidazole rings is 1. The molecule has 0 unspecified atom stereocenters. The fourth-order valence-electron chi connectivity index (χ4n) is 3.12. The normalized spacial score (nSPS) is 17.3. The van der Waals surface area contributed by atoms with E-state index in [2.05, 4.69) is 51.0 Å². The number of aliphatic imine (C=N–C) groups is 1. The summed E-state index contributed by atoms with van der Waals surface area (Å²) in [4.78, 5) is 11.2. The Labute approximate surface area is 172 Å². The van der Waals surface area contributed by atoms with Gasteiger partial charge in [0.05, 0.1) is 12.6 Å². The number of halogens is 1. The van der Waals surface area contributed by atoms with E-state index in [0.717, 1.165) is 37.8 Å². The van der Waals surface area contributed by atoms with Crippen LogP contribution in [0.5, 0.6) is 0 Å². The summed E-state index contributed by atoms with van der Waals surface area (Å²) in [5.41, 5.74) is 2.43. The Balaban J connectivity index is 0.00000243. The number of nitrogens with zero attached hydrogens (tertiary/aromatic N) is 4. The first kappa shape index (κ1) is 20.7. The molecule has 1 fully saturated rings. The van der Waals surface area contributed by atoms with Crippen molar-refractivity contribution in [3.05, 3.63) is 53.6 Å². The fourth-order valence-corrected chi connectivity index (χ4v) is 3.12. The SMILES string of the molecule is CCNC(=NCc1cccc(Cn2ccnc2C)c1)N1CC[C@@H](O)C1.I. The van der Waals surface area contributed by atoms with Gasteiger partial charge in [-0.1, -0.05) is 24.3 Å². The minimum absolute atomic E-state index is 0. The third-order valence-corrected chi connectivity index (χ3v) is 4.48. The highest BCUT2D eigenvalue weighted by Crippen LogP contribution is 2.12. The van der Waals surface area contributed by atoms with Gasteiger partial charge in [0.1, 0.15) is 5.82 Å². The first-order valence-electron chi connectivity index (χ1n) is 8.92. The number of aliphatic hydroxyl groups is 1. The standard InChI is InChI=1S/C19H27N5O.HI/c1-3-20-19(24-9-7-18(25)14-24)22-12-16-5-4-6-17(11-16)13-23-10-8-21-15(23)2;/h4-6,8,10-11,18,25H,3,7,9,12-14H2,1-2H3,(H,20,22);1H/t18-;/m1./s1. The summed E-state index contributed by atoms with van der Waals surface area (Å²) in [6, 6.07) is 8.52. The van der Waals surface area contributed by atoms with Crippen LogP contribution in [0, 0.1) is 6.92 Å². The zero-order valence-corrected chi connectivity index (χ0v) is 17.8. The van der Waals surface area contributed by atoms with Crippen LogP contribution in [-0.4, -0.2) is 51.3 Å². The second kappa shape index (κ2) is 9.91. The van der Waals surface area contributed by atoms with Gasteiger partial charge in [-0.15, -0.1) is 24.0 Å². The van der Waals surface area contributed by atoms with Gasteiger partial charge in [0.2, 0.25) is 0 Å². The van der Waals surface area contributed by atoms with Gasteiger partial charge in [0.25, 0.3) is 0 Å². The Kier molecular flexibility index (Phi) is 7.89. The summed E-state index contributed by atoms with van der Waals surface area (Å²) in [6.07, 6.45) is 4.40. The van der Waals surface area contributed by atoms with Crippen molar-refractivity contribution in [3.8, 4) is 0 Å². The Bertz CT molecular complexity index is 730. The van der Waals surface area contributed by atoms with Gasteiger partial charge in [-0.2, -0.15) is 0 Å². The van der Waals surface area contributed by atoms with Crippen molar-refractivity contribution in [3.63, 3.8) is 0 Å². The number of likely N-dealkylation sites (tertiary alicyclic amines) is 1. The average molecular weight is 469 g/mol. The lowest BCUT2D eigenvalue weighted by molar-refractivity contribution is 0.188. The van der Waals surface area contributed by atoms with Crippen molar-refractivity contribution in [2.75, 3.05) is 19.6 Å². The Hall–Kier alpha value is -1.61. The molecule has 2 N–H and O–H groups in total. The molecule has 142 valence electrons. The molecule has 26 heavy (non-hydrogen) atoms. The van der Waals surface area contributed by atoms with Crippen LogP contribution in [0.15, 0.2) is 41.7 Å². The number of nitrogens with one attached hydrogen (secondary N) is 1. The maximum Gasteiger partial charge on any atom is 0.194 e. The molecule has 0 radical (unpaired) electrons. The van der Waals surface area contributed by atoms with Crippen LogP contribution in [0.2, 0.25) is 0 Å². The van der Waals surface area contributed by atoms with Gasteiger partial charge in [0, 0.05) is 38.6 Å². The molecule has 0 bridgehead atoms. The van der Waals surface area contributed by atoms with E-state index in [1.807, 2.05) is 19.3 Å². The van der Waals surface area contributed by atoms with E-state index in [4.69, 9.17) is 4.99 Å². The fraction of sp³-hybridized carbons (Fsp3) is 0.474. The van der Waals surface area contributed by atoms with Crippen LogP contribution in [0.25, 0.3) is 0 Å². The quantitative estimate of drug-likeness (QED) is 0.401. The predicted molar refractivity (Wildman–Crippen MR) is 115 cm³/mol. The van der Waals surface area contributed by atoms with E-state index in [9.17, 15) is 5.11 Å². The molecular formula is C19H28IN5O. The number of rotatable bonds is 5. The van der Waals surface area contributed by atoms with Crippen molar-refractivity contribution >= 4 is 29.9 Å². The van der Waals surface area contributed by atoms with Crippen LogP contribution in [-0.2, 0) is 13.1 Å². The smallest absolute Gasteiger partial charge is 0.194 e. The highest BCUT2D eigenvalue weighted by atomic mass is 127. The number of benzene rings is 1. The Morgan fingerprint density at radius 1 is 1.38 bits per heavy atom. The molecule has 1 aromatic heterocycles. The Morgan fingerprint density at radius 3 is 2.85 bits per heavy atom. The zero-order chi connectivity index (χ0) is 17.6. The lowest BCUT2D eigenvalue weighted by Gasteiger charge is -2.21. The zero-order valence-electron chi connectivity index (χ0n) is 15.4. The van der Waals surface area contributed by atoms with Crippen LogP contribution in [0.1, 0.15) is 30.3 Å². The predicted octanol–water partition coefficient (Wildman–Crippen LogP) is 2.39. The molecule has 2 aromatic rings. The maximum atomic E-state index is 9.75. The van der Waals surface area contributed by atoms with Crippen molar-refractivity contribution in [1.29, 1.82) is 0 Å². The highest BCUT2D eigenvalue weighted by Gasteiger charge is 2.22. The van der Waals surface area contributed by atoms with E-state index < -0.39 is 0 Å². The molecule has 0 spiro atoms. The van der Waals surface area contributed by atoms with Crippen LogP contribution in [0.4, 0.5) is 0 Å². The summed E-state index contributed by atoms with van der Waals surface area (Å²) in [6.45, 7) is 7.87. The molecule has 1 atom stereocenters. The number of hydrogen-bond acceptors (Lipinski definition) is 3. The molecule has 0 saturated carbocycles. The Morgan fingerprint density at radius 2 is 2.19 bits per heavy atom. The largest absolute Gasteiger partial charge is 0.391 e. The van der Waals surface area contributed by atoms with Gasteiger partial charge in [0.15, 0.2) is 5.96 Å². The second-order valence-electron chi connectivity index (χ2n) is 6.48.